The molecule has 0 amide bonds. The molecule has 10 rings (SSSR count). The van der Waals surface area contributed by atoms with Crippen molar-refractivity contribution in [2.45, 2.75) is 6.17 Å². The van der Waals surface area contributed by atoms with Crippen LogP contribution < -0.4 is 5.32 Å². The van der Waals surface area contributed by atoms with Crippen LogP contribution in [0.15, 0.2) is 174 Å². The van der Waals surface area contributed by atoms with Gasteiger partial charge in [0.25, 0.3) is 0 Å². The van der Waals surface area contributed by atoms with Gasteiger partial charge in [0.2, 0.25) is 0 Å². The molecule has 3 nitrogen and oxygen atoms in total. The first-order chi connectivity index (χ1) is 24.8. The van der Waals surface area contributed by atoms with Crippen LogP contribution in [-0.4, -0.2) is 11.7 Å². The van der Waals surface area contributed by atoms with Gasteiger partial charge in [-0.2, -0.15) is 0 Å². The van der Waals surface area contributed by atoms with E-state index < -0.39 is 0 Å². The molecule has 0 radical (unpaired) electrons. The number of aliphatic imine (C=N–C) groups is 2. The monoisotopic (exact) mass is 675 g/mol. The molecule has 7 aromatic carbocycles. The number of amidine groups is 2. The molecule has 0 aliphatic carbocycles. The Morgan fingerprint density at radius 3 is 1.94 bits per heavy atom. The van der Waals surface area contributed by atoms with Crippen LogP contribution in [0.3, 0.4) is 0 Å². The van der Waals surface area contributed by atoms with Crippen LogP contribution in [0.4, 0.5) is 0 Å². The lowest BCUT2D eigenvalue weighted by Gasteiger charge is -2.24. The van der Waals surface area contributed by atoms with E-state index in [0.717, 1.165) is 28.4 Å². The Labute approximate surface area is 297 Å². The Balaban J connectivity index is 1.23. The lowest BCUT2D eigenvalue weighted by atomic mass is 9.96. The third-order valence-corrected chi connectivity index (χ3v) is 12.0. The summed E-state index contributed by atoms with van der Waals surface area (Å²) >= 11 is 3.73. The summed E-state index contributed by atoms with van der Waals surface area (Å²) < 4.78 is 5.15. The minimum Gasteiger partial charge on any atom is -0.344 e. The van der Waals surface area contributed by atoms with Gasteiger partial charge in [-0.15, -0.1) is 22.7 Å². The second-order valence-corrected chi connectivity index (χ2v) is 14.7. The number of fused-ring (bicyclic) bond motifs is 6. The number of hydrogen-bond acceptors (Lipinski definition) is 5. The van der Waals surface area contributed by atoms with Crippen LogP contribution in [0.25, 0.3) is 62.6 Å². The molecule has 3 heterocycles. The Morgan fingerprint density at radius 1 is 0.460 bits per heavy atom. The van der Waals surface area contributed by atoms with Gasteiger partial charge in [0.1, 0.15) is 12.0 Å². The standard InChI is InChI=1S/C45H29N3S2/c1-4-13-28(14-5-1)33-24-25-36(45-47-43(29-15-6-2-7-16-29)46-44(48-45)30-17-8-3-9-18-30)40-35-21-12-20-32(41(35)50-42(33)40)31-23-26-39-37(27-31)34-19-10-11-22-38(34)49-39/h1-27,43H,(H,46,47,48). The van der Waals surface area contributed by atoms with Crippen molar-refractivity contribution in [1.82, 2.24) is 5.32 Å². The summed E-state index contributed by atoms with van der Waals surface area (Å²) in [5, 5.41) is 8.66. The van der Waals surface area contributed by atoms with E-state index >= 15 is 0 Å². The maximum Gasteiger partial charge on any atom is 0.160 e. The first-order valence-corrected chi connectivity index (χ1v) is 18.4. The molecule has 9 aromatic rings. The molecule has 5 heteroatoms. The van der Waals surface area contributed by atoms with Crippen LogP contribution in [-0.2, 0) is 0 Å². The average molecular weight is 676 g/mol. The van der Waals surface area contributed by atoms with Crippen LogP contribution in [0.2, 0.25) is 0 Å². The molecule has 1 aliphatic rings. The van der Waals surface area contributed by atoms with Crippen molar-refractivity contribution >= 4 is 74.7 Å². The normalized spacial score (nSPS) is 14.6. The fraction of sp³-hybridized carbons (Fsp3) is 0.0222. The van der Waals surface area contributed by atoms with Crippen molar-refractivity contribution in [2.24, 2.45) is 9.98 Å². The van der Waals surface area contributed by atoms with Crippen LogP contribution in [0.5, 0.6) is 0 Å². The molecule has 50 heavy (non-hydrogen) atoms. The third-order valence-electron chi connectivity index (χ3n) is 9.56. The number of rotatable bonds is 5. The van der Waals surface area contributed by atoms with E-state index in [4.69, 9.17) is 9.98 Å². The van der Waals surface area contributed by atoms with Gasteiger partial charge in [-0.1, -0.05) is 140 Å². The zero-order chi connectivity index (χ0) is 33.0. The highest BCUT2D eigenvalue weighted by atomic mass is 32.1. The Bertz CT molecular complexity index is 2780. The summed E-state index contributed by atoms with van der Waals surface area (Å²) in [6, 6.07) is 58.4. The molecule has 0 fully saturated rings. The second kappa shape index (κ2) is 11.9. The molecule has 1 aliphatic heterocycles. The van der Waals surface area contributed by atoms with Crippen LogP contribution in [0.1, 0.15) is 22.9 Å². The second-order valence-electron chi connectivity index (χ2n) is 12.6. The fourth-order valence-corrected chi connectivity index (χ4v) is 9.66. The van der Waals surface area contributed by atoms with Gasteiger partial charge in [0.15, 0.2) is 5.84 Å². The summed E-state index contributed by atoms with van der Waals surface area (Å²) in [5.74, 6) is 1.55. The van der Waals surface area contributed by atoms with Crippen molar-refractivity contribution in [3.05, 3.63) is 180 Å². The molecule has 1 N–H and O–H groups in total. The highest BCUT2D eigenvalue weighted by Crippen LogP contribution is 2.46. The van der Waals surface area contributed by atoms with Gasteiger partial charge in [-0.25, -0.2) is 9.98 Å². The van der Waals surface area contributed by atoms with Crippen molar-refractivity contribution in [1.29, 1.82) is 0 Å². The zero-order valence-corrected chi connectivity index (χ0v) is 28.5. The smallest absolute Gasteiger partial charge is 0.160 e. The lowest BCUT2D eigenvalue weighted by Crippen LogP contribution is -2.33. The highest BCUT2D eigenvalue weighted by molar-refractivity contribution is 7.27. The highest BCUT2D eigenvalue weighted by Gasteiger charge is 2.25. The van der Waals surface area contributed by atoms with Gasteiger partial charge in [0, 0.05) is 51.5 Å². The van der Waals surface area contributed by atoms with Gasteiger partial charge in [-0.05, 0) is 52.1 Å². The fourth-order valence-electron chi connectivity index (χ4n) is 7.17. The molecular formula is C45H29N3S2. The summed E-state index contributed by atoms with van der Waals surface area (Å²) in [5.41, 5.74) is 8.06. The summed E-state index contributed by atoms with van der Waals surface area (Å²) in [6.45, 7) is 0. The zero-order valence-electron chi connectivity index (χ0n) is 26.9. The van der Waals surface area contributed by atoms with Crippen molar-refractivity contribution < 1.29 is 0 Å². The third kappa shape index (κ3) is 4.85. The van der Waals surface area contributed by atoms with E-state index in [1.807, 2.05) is 34.8 Å². The van der Waals surface area contributed by atoms with Crippen LogP contribution in [0, 0.1) is 0 Å². The minimum atomic E-state index is -0.268. The molecule has 2 aromatic heterocycles. The molecule has 236 valence electrons. The van der Waals surface area contributed by atoms with E-state index in [9.17, 15) is 0 Å². The first kappa shape index (κ1) is 29.1. The Hall–Kier alpha value is -5.88. The molecular weight excluding hydrogens is 647 g/mol. The largest absolute Gasteiger partial charge is 0.344 e. The number of thiophene rings is 2. The van der Waals surface area contributed by atoms with E-state index in [1.54, 1.807) is 0 Å². The molecule has 1 atom stereocenters. The first-order valence-electron chi connectivity index (χ1n) is 16.8. The van der Waals surface area contributed by atoms with E-state index in [2.05, 4.69) is 157 Å². The minimum absolute atomic E-state index is 0.268. The molecule has 0 saturated carbocycles. The molecule has 1 unspecified atom stereocenters. The maximum atomic E-state index is 5.30. The van der Waals surface area contributed by atoms with E-state index in [1.165, 1.54) is 62.6 Å². The Morgan fingerprint density at radius 2 is 1.12 bits per heavy atom. The van der Waals surface area contributed by atoms with Gasteiger partial charge >= 0.3 is 0 Å². The van der Waals surface area contributed by atoms with Crippen molar-refractivity contribution in [2.75, 3.05) is 0 Å². The summed E-state index contributed by atoms with van der Waals surface area (Å²) in [7, 11) is 0. The predicted molar refractivity (Wildman–Crippen MR) is 215 cm³/mol. The Kier molecular flexibility index (Phi) is 6.93. The number of nitrogens with zero attached hydrogens (tertiary/aromatic N) is 2. The molecule has 0 saturated heterocycles. The van der Waals surface area contributed by atoms with E-state index in [0.29, 0.717) is 0 Å². The maximum absolute atomic E-state index is 5.30. The van der Waals surface area contributed by atoms with Crippen molar-refractivity contribution in [3.8, 4) is 22.3 Å². The average Bonchev–Trinajstić information content (AvgIpc) is 3.77. The topological polar surface area (TPSA) is 36.8 Å². The predicted octanol–water partition coefficient (Wildman–Crippen LogP) is 12.3. The number of nitrogens with one attached hydrogen (secondary N) is 1. The lowest BCUT2D eigenvalue weighted by molar-refractivity contribution is 0.674. The summed E-state index contributed by atoms with van der Waals surface area (Å²) in [6.07, 6.45) is -0.268. The van der Waals surface area contributed by atoms with Crippen LogP contribution >= 0.6 is 22.7 Å². The van der Waals surface area contributed by atoms with Gasteiger partial charge in [0.05, 0.1) is 0 Å². The number of benzene rings is 7. The quantitative estimate of drug-likeness (QED) is 0.194. The number of hydrogen-bond donors (Lipinski definition) is 1. The SMILES string of the molecule is c1ccc(C2=NC(c3ccc(-c4ccccc4)c4sc5c(-c6ccc7sc8ccccc8c7c6)cccc5c34)=NC(c3ccccc3)N2)cc1. The van der Waals surface area contributed by atoms with Crippen molar-refractivity contribution in [3.63, 3.8) is 0 Å². The summed E-state index contributed by atoms with van der Waals surface area (Å²) in [4.78, 5) is 10.5. The van der Waals surface area contributed by atoms with Gasteiger partial charge < -0.3 is 5.32 Å². The van der Waals surface area contributed by atoms with Gasteiger partial charge in [-0.3, -0.25) is 0 Å². The van der Waals surface area contributed by atoms with E-state index in [-0.39, 0.29) is 6.17 Å². The molecule has 0 bridgehead atoms. The molecule has 0 spiro atoms.